The smallest absolute Gasteiger partial charge is 0.228 e. The van der Waals surface area contributed by atoms with Crippen molar-refractivity contribution in [2.45, 2.75) is 70.1 Å². The summed E-state index contributed by atoms with van der Waals surface area (Å²) in [5, 5.41) is 6.51. The van der Waals surface area contributed by atoms with Crippen LogP contribution in [0.5, 0.6) is 0 Å². The fourth-order valence-corrected chi connectivity index (χ4v) is 5.78. The van der Waals surface area contributed by atoms with Crippen molar-refractivity contribution in [3.63, 3.8) is 0 Å². The van der Waals surface area contributed by atoms with E-state index in [1.807, 2.05) is 25.1 Å². The van der Waals surface area contributed by atoms with E-state index in [4.69, 9.17) is 9.96 Å². The maximum Gasteiger partial charge on any atom is 0.228 e. The maximum atomic E-state index is 13.1. The Bertz CT molecular complexity index is 824. The number of aromatic nitrogens is 1. The molecule has 4 atom stereocenters. The van der Waals surface area contributed by atoms with Crippen LogP contribution in [0.4, 0.5) is 0 Å². The minimum atomic E-state index is -2.07. The molecular formula is C21H33N5O3SSi. The minimum absolute atomic E-state index is 0.0201. The van der Waals surface area contributed by atoms with Gasteiger partial charge in [0.1, 0.15) is 0 Å². The molecule has 1 aromatic heterocycles. The molecule has 1 aliphatic heterocycles. The third-order valence-electron chi connectivity index (χ3n) is 6.22. The van der Waals surface area contributed by atoms with Crippen molar-refractivity contribution < 1.29 is 14.0 Å². The highest BCUT2D eigenvalue weighted by Crippen LogP contribution is 2.40. The first-order valence-electron chi connectivity index (χ1n) is 10.5. The lowest BCUT2D eigenvalue weighted by molar-refractivity contribution is -0.143. The Morgan fingerprint density at radius 3 is 2.68 bits per heavy atom. The van der Waals surface area contributed by atoms with Crippen molar-refractivity contribution in [3.8, 4) is 0 Å². The molecule has 0 bridgehead atoms. The number of β-lactam (4-membered cyclic amide) rings is 1. The highest BCUT2D eigenvalue weighted by Gasteiger charge is 2.51. The van der Waals surface area contributed by atoms with Gasteiger partial charge in [0.25, 0.3) is 0 Å². The number of hydrogen-bond donors (Lipinski definition) is 1. The molecule has 0 radical (unpaired) electrons. The summed E-state index contributed by atoms with van der Waals surface area (Å²) in [6.45, 7) is 12.9. The predicted octanol–water partition coefficient (Wildman–Crippen LogP) is 4.68. The third kappa shape index (κ3) is 6.55. The number of nitrogens with zero attached hydrogens (tertiary/aromatic N) is 4. The van der Waals surface area contributed by atoms with E-state index in [2.05, 4.69) is 54.2 Å². The Labute approximate surface area is 189 Å². The second kappa shape index (κ2) is 10.6. The maximum absolute atomic E-state index is 13.1. The number of hydrogen-bond acceptors (Lipinski definition) is 6. The molecule has 1 fully saturated rings. The Morgan fingerprint density at radius 1 is 1.42 bits per heavy atom. The number of thioether (sulfide) groups is 1. The van der Waals surface area contributed by atoms with Crippen LogP contribution in [0.3, 0.4) is 0 Å². The lowest BCUT2D eigenvalue weighted by Gasteiger charge is -2.47. The number of carbonyl (C=O) groups excluding carboxylic acids is 2. The first-order chi connectivity index (χ1) is 14.5. The average molecular weight is 464 g/mol. The van der Waals surface area contributed by atoms with Crippen LogP contribution in [-0.4, -0.2) is 43.0 Å². The van der Waals surface area contributed by atoms with Crippen LogP contribution >= 0.6 is 11.8 Å². The van der Waals surface area contributed by atoms with Gasteiger partial charge in [0.05, 0.1) is 23.8 Å². The first kappa shape index (κ1) is 25.4. The molecule has 8 nitrogen and oxygen atoms in total. The molecule has 2 rings (SSSR count). The second-order valence-corrected chi connectivity index (χ2v) is 15.2. The van der Waals surface area contributed by atoms with E-state index in [0.717, 1.165) is 5.69 Å². The highest BCUT2D eigenvalue weighted by atomic mass is 32.2. The topological polar surface area (TPSA) is 117 Å². The van der Waals surface area contributed by atoms with Crippen molar-refractivity contribution >= 4 is 31.1 Å². The lowest BCUT2D eigenvalue weighted by atomic mass is 9.77. The molecule has 170 valence electrons. The highest BCUT2D eigenvalue weighted by molar-refractivity contribution is 8.13. The molecule has 1 saturated heterocycles. The van der Waals surface area contributed by atoms with Crippen molar-refractivity contribution in [2.24, 2.45) is 17.0 Å². The Balaban J connectivity index is 2.13. The molecule has 0 aromatic carbocycles. The van der Waals surface area contributed by atoms with Crippen LogP contribution in [0.25, 0.3) is 10.4 Å². The molecule has 1 N–H and O–H groups in total. The van der Waals surface area contributed by atoms with Gasteiger partial charge in [-0.15, -0.1) is 0 Å². The molecule has 31 heavy (non-hydrogen) atoms. The fraction of sp³-hybridized carbons (Fsp3) is 0.667. The summed E-state index contributed by atoms with van der Waals surface area (Å²) < 4.78 is 6.46. The average Bonchev–Trinajstić information content (AvgIpc) is 2.67. The molecule has 0 saturated carbocycles. The van der Waals surface area contributed by atoms with Crippen molar-refractivity contribution in [2.75, 3.05) is 6.54 Å². The summed E-state index contributed by atoms with van der Waals surface area (Å²) in [5.41, 5.74) is 9.46. The molecule has 10 heteroatoms. The summed E-state index contributed by atoms with van der Waals surface area (Å²) in [6.07, 6.45) is 1.78. The molecule has 1 aromatic rings. The standard InChI is InChI=1S/C21H33N5O3SSi/c1-14(29-31(5,6)21(2,3)4)17-18(25-19(17)27)16(10-12-24-26-22)20(28)30-13-15-9-7-8-11-23-15/h7-9,11,14,16-18H,10,12-13H2,1-6H3,(H,25,27)/t14-,16-,17-,18-/m1/s1. The van der Waals surface area contributed by atoms with Crippen LogP contribution in [-0.2, 0) is 19.8 Å². The zero-order valence-corrected chi connectivity index (χ0v) is 21.0. The normalized spacial score (nSPS) is 20.8. The SMILES string of the molecule is C[C@@H](O[Si](C)(C)C(C)(C)C)[C@H]1C(=O)N[C@@H]1[C@@H](CCN=[N+]=[N-])C(=O)SCc1ccccn1. The van der Waals surface area contributed by atoms with Gasteiger partial charge in [-0.05, 0) is 49.1 Å². The van der Waals surface area contributed by atoms with Crippen LogP contribution in [0.2, 0.25) is 18.1 Å². The van der Waals surface area contributed by atoms with Gasteiger partial charge >= 0.3 is 0 Å². The van der Waals surface area contributed by atoms with Gasteiger partial charge in [-0.1, -0.05) is 43.7 Å². The number of azide groups is 1. The van der Waals surface area contributed by atoms with Crippen molar-refractivity contribution in [1.29, 1.82) is 0 Å². The van der Waals surface area contributed by atoms with E-state index in [1.54, 1.807) is 6.20 Å². The summed E-state index contributed by atoms with van der Waals surface area (Å²) >= 11 is 1.19. The third-order valence-corrected chi connectivity index (χ3v) is 11.8. The van der Waals surface area contributed by atoms with E-state index >= 15 is 0 Å². The summed E-state index contributed by atoms with van der Waals surface area (Å²) in [4.78, 5) is 32.6. The van der Waals surface area contributed by atoms with E-state index in [9.17, 15) is 9.59 Å². The molecule has 1 amide bonds. The quantitative estimate of drug-likeness (QED) is 0.178. The zero-order chi connectivity index (χ0) is 23.2. The molecule has 0 spiro atoms. The summed E-state index contributed by atoms with van der Waals surface area (Å²) in [7, 11) is -2.07. The van der Waals surface area contributed by atoms with Gasteiger partial charge in [-0.25, -0.2) is 0 Å². The number of carbonyl (C=O) groups is 2. The molecule has 1 aliphatic rings. The predicted molar refractivity (Wildman–Crippen MR) is 126 cm³/mol. The van der Waals surface area contributed by atoms with Gasteiger partial charge in [0, 0.05) is 29.3 Å². The molecule has 0 aliphatic carbocycles. The van der Waals surface area contributed by atoms with Gasteiger partial charge in [0.2, 0.25) is 5.91 Å². The van der Waals surface area contributed by atoms with E-state index in [-0.39, 0.29) is 34.8 Å². The fourth-order valence-electron chi connectivity index (χ4n) is 3.41. The Kier molecular flexibility index (Phi) is 8.71. The van der Waals surface area contributed by atoms with Gasteiger partial charge in [-0.2, -0.15) is 0 Å². The zero-order valence-electron chi connectivity index (χ0n) is 19.2. The van der Waals surface area contributed by atoms with Crippen molar-refractivity contribution in [1.82, 2.24) is 10.3 Å². The number of rotatable bonds is 10. The van der Waals surface area contributed by atoms with Crippen LogP contribution in [0.15, 0.2) is 29.5 Å². The Morgan fingerprint density at radius 2 is 2.13 bits per heavy atom. The number of amides is 1. The van der Waals surface area contributed by atoms with E-state index < -0.39 is 20.2 Å². The number of nitrogens with one attached hydrogen (secondary N) is 1. The van der Waals surface area contributed by atoms with Crippen LogP contribution < -0.4 is 5.32 Å². The molecule has 0 unspecified atom stereocenters. The second-order valence-electron chi connectivity index (χ2n) is 9.42. The Hall–Kier alpha value is -1.87. The van der Waals surface area contributed by atoms with Crippen LogP contribution in [0, 0.1) is 11.8 Å². The first-order valence-corrected chi connectivity index (χ1v) is 14.4. The minimum Gasteiger partial charge on any atom is -0.413 e. The lowest BCUT2D eigenvalue weighted by Crippen LogP contribution is -2.67. The van der Waals surface area contributed by atoms with E-state index in [0.29, 0.717) is 12.2 Å². The molecule has 2 heterocycles. The van der Waals surface area contributed by atoms with Crippen molar-refractivity contribution in [3.05, 3.63) is 40.5 Å². The number of pyridine rings is 1. The van der Waals surface area contributed by atoms with Gasteiger partial charge in [-0.3, -0.25) is 14.6 Å². The summed E-state index contributed by atoms with van der Waals surface area (Å²) in [6, 6.07) is 5.26. The van der Waals surface area contributed by atoms with Gasteiger partial charge < -0.3 is 9.74 Å². The molecular weight excluding hydrogens is 430 g/mol. The largest absolute Gasteiger partial charge is 0.413 e. The summed E-state index contributed by atoms with van der Waals surface area (Å²) in [5.74, 6) is -0.483. The van der Waals surface area contributed by atoms with Gasteiger partial charge in [0.15, 0.2) is 13.4 Å². The van der Waals surface area contributed by atoms with Crippen LogP contribution in [0.1, 0.15) is 39.8 Å². The monoisotopic (exact) mass is 463 g/mol. The van der Waals surface area contributed by atoms with E-state index in [1.165, 1.54) is 11.8 Å².